The van der Waals surface area contributed by atoms with Crippen LogP contribution in [0.1, 0.15) is 79.1 Å². The van der Waals surface area contributed by atoms with E-state index >= 15 is 0 Å². The van der Waals surface area contributed by atoms with Crippen LogP contribution in [0.3, 0.4) is 0 Å². The van der Waals surface area contributed by atoms with Gasteiger partial charge in [0, 0.05) is 6.08 Å². The van der Waals surface area contributed by atoms with Crippen molar-refractivity contribution in [1.82, 2.24) is 0 Å². The smallest absolute Gasteiger partial charge is 0.331 e. The zero-order chi connectivity index (χ0) is 20.9. The first-order chi connectivity index (χ1) is 13.5. The van der Waals surface area contributed by atoms with E-state index in [1.165, 1.54) is 57.4 Å². The molecule has 156 valence electrons. The number of rotatable bonds is 14. The van der Waals surface area contributed by atoms with Crippen LogP contribution in [0.15, 0.2) is 72.9 Å². The van der Waals surface area contributed by atoms with E-state index in [-0.39, 0.29) is 5.97 Å². The van der Waals surface area contributed by atoms with Gasteiger partial charge >= 0.3 is 5.97 Å². The van der Waals surface area contributed by atoms with Crippen molar-refractivity contribution in [1.29, 1.82) is 0 Å². The van der Waals surface area contributed by atoms with Gasteiger partial charge in [-0.2, -0.15) is 0 Å². The molecule has 0 fully saturated rings. The minimum atomic E-state index is -0.452. The number of carbonyl (C=O) groups excluding carboxylic acids is 1. The van der Waals surface area contributed by atoms with Crippen molar-refractivity contribution < 1.29 is 9.53 Å². The number of unbranched alkanes of at least 4 members (excludes halogenated alkanes) is 7. The predicted molar refractivity (Wildman–Crippen MR) is 123 cm³/mol. The minimum absolute atomic E-state index is 0.328. The van der Waals surface area contributed by atoms with Gasteiger partial charge in [-0.25, -0.2) is 4.79 Å². The first kappa shape index (κ1) is 25.9. The summed E-state index contributed by atoms with van der Waals surface area (Å²) < 4.78 is 5.17. The average molecular weight is 385 g/mol. The summed E-state index contributed by atoms with van der Waals surface area (Å²) in [5.41, 5.74) is -0.452. The molecule has 0 rings (SSSR count). The van der Waals surface area contributed by atoms with Gasteiger partial charge in [0.25, 0.3) is 0 Å². The van der Waals surface area contributed by atoms with E-state index < -0.39 is 5.60 Å². The maximum Gasteiger partial charge on any atom is 0.331 e. The third-order valence-corrected chi connectivity index (χ3v) is 3.75. The van der Waals surface area contributed by atoms with E-state index in [9.17, 15) is 4.79 Å². The van der Waals surface area contributed by atoms with E-state index in [0.717, 1.165) is 0 Å². The fourth-order valence-corrected chi connectivity index (χ4v) is 2.38. The highest BCUT2D eigenvalue weighted by atomic mass is 16.6. The third-order valence-electron chi connectivity index (χ3n) is 3.75. The van der Waals surface area contributed by atoms with Gasteiger partial charge in [-0.15, -0.1) is 0 Å². The first-order valence-corrected chi connectivity index (χ1v) is 10.7. The Morgan fingerprint density at radius 1 is 0.679 bits per heavy atom. The zero-order valence-corrected chi connectivity index (χ0v) is 18.4. The van der Waals surface area contributed by atoms with Crippen molar-refractivity contribution in [2.24, 2.45) is 0 Å². The summed E-state index contributed by atoms with van der Waals surface area (Å²) in [5, 5.41) is 0. The molecule has 0 aliphatic rings. The van der Waals surface area contributed by atoms with Crippen molar-refractivity contribution in [3.8, 4) is 0 Å². The Hall–Kier alpha value is -2.09. The molecule has 0 aliphatic heterocycles. The van der Waals surface area contributed by atoms with Crippen LogP contribution in [0.5, 0.6) is 0 Å². The molecular weight excluding hydrogens is 344 g/mol. The van der Waals surface area contributed by atoms with Crippen molar-refractivity contribution in [3.05, 3.63) is 72.9 Å². The van der Waals surface area contributed by atoms with E-state index in [1.54, 1.807) is 12.2 Å². The summed E-state index contributed by atoms with van der Waals surface area (Å²) in [6.45, 7) is 7.81. The number of hydrogen-bond acceptors (Lipinski definition) is 2. The molecule has 0 aromatic heterocycles. The fraction of sp³-hybridized carbons (Fsp3) is 0.500. The fourth-order valence-electron chi connectivity index (χ4n) is 2.38. The molecule has 0 N–H and O–H groups in total. The van der Waals surface area contributed by atoms with E-state index in [0.29, 0.717) is 0 Å². The minimum Gasteiger partial charge on any atom is -0.457 e. The quantitative estimate of drug-likeness (QED) is 0.132. The molecule has 2 heteroatoms. The van der Waals surface area contributed by atoms with Gasteiger partial charge in [-0.05, 0) is 33.6 Å². The molecule has 0 saturated carbocycles. The molecule has 0 heterocycles. The van der Waals surface area contributed by atoms with Gasteiger partial charge < -0.3 is 4.74 Å². The Balaban J connectivity index is 3.75. The highest BCUT2D eigenvalue weighted by Crippen LogP contribution is 2.08. The molecule has 0 atom stereocenters. The molecular formula is C26H40O2. The van der Waals surface area contributed by atoms with E-state index in [1.807, 2.05) is 57.2 Å². The summed E-state index contributed by atoms with van der Waals surface area (Å²) in [6.07, 6.45) is 33.8. The van der Waals surface area contributed by atoms with Crippen LogP contribution in [0.2, 0.25) is 0 Å². The van der Waals surface area contributed by atoms with E-state index in [4.69, 9.17) is 4.74 Å². The number of esters is 1. The number of ether oxygens (including phenoxy) is 1. The summed E-state index contributed by atoms with van der Waals surface area (Å²) in [6, 6.07) is 0. The molecule has 0 spiro atoms. The third kappa shape index (κ3) is 22.0. The Bertz CT molecular complexity index is 551. The highest BCUT2D eigenvalue weighted by molar-refractivity contribution is 5.82. The first-order valence-electron chi connectivity index (χ1n) is 10.7. The lowest BCUT2D eigenvalue weighted by Crippen LogP contribution is -2.22. The molecule has 0 aromatic carbocycles. The standard InChI is InChI=1S/C26H40O2/c1-5-6-7-8-9-10-11-12-13-14-15-16-17-18-19-20-21-22-23-24-25(27)28-26(2,3)4/h13-24H,5-12H2,1-4H3. The number of allylic oxidation sites excluding steroid dienone is 11. The second-order valence-electron chi connectivity index (χ2n) is 7.77. The van der Waals surface area contributed by atoms with Crippen LogP contribution < -0.4 is 0 Å². The molecule has 0 saturated heterocycles. The van der Waals surface area contributed by atoms with Gasteiger partial charge in [-0.1, -0.05) is 112 Å². The number of carbonyl (C=O) groups is 1. The van der Waals surface area contributed by atoms with Crippen LogP contribution in [0, 0.1) is 0 Å². The Morgan fingerprint density at radius 2 is 1.14 bits per heavy atom. The Morgan fingerprint density at radius 3 is 1.68 bits per heavy atom. The normalized spacial score (nSPS) is 13.4. The number of hydrogen-bond donors (Lipinski definition) is 0. The molecule has 0 bridgehead atoms. The topological polar surface area (TPSA) is 26.3 Å². The van der Waals surface area contributed by atoms with E-state index in [2.05, 4.69) is 25.2 Å². The largest absolute Gasteiger partial charge is 0.457 e. The summed E-state index contributed by atoms with van der Waals surface area (Å²) in [4.78, 5) is 11.5. The van der Waals surface area contributed by atoms with Crippen molar-refractivity contribution in [2.75, 3.05) is 0 Å². The van der Waals surface area contributed by atoms with Crippen molar-refractivity contribution >= 4 is 5.97 Å². The average Bonchev–Trinajstić information content (AvgIpc) is 2.62. The van der Waals surface area contributed by atoms with Gasteiger partial charge in [0.1, 0.15) is 5.60 Å². The van der Waals surface area contributed by atoms with Crippen LogP contribution in [0.25, 0.3) is 0 Å². The maximum absolute atomic E-state index is 11.5. The summed E-state index contributed by atoms with van der Waals surface area (Å²) in [7, 11) is 0. The lowest BCUT2D eigenvalue weighted by molar-refractivity contribution is -0.148. The molecule has 0 unspecified atom stereocenters. The van der Waals surface area contributed by atoms with Gasteiger partial charge in [0.2, 0.25) is 0 Å². The second-order valence-corrected chi connectivity index (χ2v) is 7.77. The van der Waals surface area contributed by atoms with Crippen molar-refractivity contribution in [3.63, 3.8) is 0 Å². The van der Waals surface area contributed by atoms with Gasteiger partial charge in [0.15, 0.2) is 0 Å². The van der Waals surface area contributed by atoms with Crippen LogP contribution in [-0.2, 0) is 9.53 Å². The summed E-state index contributed by atoms with van der Waals surface area (Å²) in [5.74, 6) is -0.328. The lowest BCUT2D eigenvalue weighted by atomic mass is 10.1. The van der Waals surface area contributed by atoms with Crippen molar-refractivity contribution in [2.45, 2.75) is 84.7 Å². The highest BCUT2D eigenvalue weighted by Gasteiger charge is 2.13. The second kappa shape index (κ2) is 18.3. The van der Waals surface area contributed by atoms with Crippen LogP contribution in [0.4, 0.5) is 0 Å². The molecule has 0 amide bonds. The molecule has 0 aromatic rings. The Kier molecular flexibility index (Phi) is 16.9. The van der Waals surface area contributed by atoms with Gasteiger partial charge in [0.05, 0.1) is 0 Å². The molecule has 2 nitrogen and oxygen atoms in total. The molecule has 28 heavy (non-hydrogen) atoms. The monoisotopic (exact) mass is 384 g/mol. The predicted octanol–water partition coefficient (Wildman–Crippen LogP) is 7.81. The molecule has 0 aliphatic carbocycles. The van der Waals surface area contributed by atoms with Crippen LogP contribution in [-0.4, -0.2) is 11.6 Å². The van der Waals surface area contributed by atoms with Crippen LogP contribution >= 0.6 is 0 Å². The maximum atomic E-state index is 11.5. The van der Waals surface area contributed by atoms with Gasteiger partial charge in [-0.3, -0.25) is 0 Å². The lowest BCUT2D eigenvalue weighted by Gasteiger charge is -2.17. The SMILES string of the molecule is CCCCCCCCCC=CC=CC=CC=CC=CC=CC(=O)OC(C)(C)C. The Labute approximate surface area is 173 Å². The zero-order valence-electron chi connectivity index (χ0n) is 18.4. The summed E-state index contributed by atoms with van der Waals surface area (Å²) >= 11 is 0. The molecule has 0 radical (unpaired) electrons.